The molecule has 10 nitrogen and oxygen atoms in total. The maximum Gasteiger partial charge on any atom is 0.305 e. The Labute approximate surface area is 210 Å². The van der Waals surface area contributed by atoms with Gasteiger partial charge in [0.1, 0.15) is 6.04 Å². The van der Waals surface area contributed by atoms with Gasteiger partial charge in [-0.05, 0) is 42.3 Å². The highest BCUT2D eigenvalue weighted by Gasteiger charge is 2.24. The molecule has 3 N–H and O–H groups in total. The van der Waals surface area contributed by atoms with E-state index >= 15 is 0 Å². The Morgan fingerprint density at radius 1 is 0.889 bits per heavy atom. The van der Waals surface area contributed by atoms with E-state index in [1.54, 1.807) is 24.5 Å². The van der Waals surface area contributed by atoms with Crippen LogP contribution in [0.1, 0.15) is 40.8 Å². The van der Waals surface area contributed by atoms with Crippen molar-refractivity contribution < 1.29 is 19.5 Å². The molecule has 0 aliphatic carbocycles. The Hall–Kier alpha value is -4.12. The molecule has 0 saturated heterocycles. The number of rotatable bonds is 12. The van der Waals surface area contributed by atoms with Crippen LogP contribution in [-0.4, -0.2) is 62.6 Å². The van der Waals surface area contributed by atoms with Crippen molar-refractivity contribution in [3.05, 3.63) is 89.8 Å². The smallest absolute Gasteiger partial charge is 0.305 e. The highest BCUT2D eigenvalue weighted by molar-refractivity contribution is 6.13. The second-order valence-corrected chi connectivity index (χ2v) is 8.25. The number of hydrogen-bond donors (Lipinski definition) is 3. The monoisotopic (exact) mass is 486 g/mol. The van der Waals surface area contributed by atoms with Gasteiger partial charge in [0.2, 0.25) is 5.91 Å². The number of pyridine rings is 3. The largest absolute Gasteiger partial charge is 0.481 e. The highest BCUT2D eigenvalue weighted by atomic mass is 16.4. The standard InChI is InChI=1S/C25H27BN6O4/c1-17(26)30-25(36)22(12-23(33)34)31-24(35)18-8-9-21(29-13-18)16-32(14-19-6-2-4-10-27-19)15-20-7-3-5-11-28-20/h2-11,13,17,22H,12,14-16H2,1H3,(H,30,36)(H,31,35)(H,33,34)/t17-,22+/m1/s1. The van der Waals surface area contributed by atoms with Crippen LogP contribution in [0, 0.1) is 0 Å². The van der Waals surface area contributed by atoms with Crippen LogP contribution in [0.25, 0.3) is 0 Å². The molecule has 0 saturated carbocycles. The number of carboxylic acid groups (broad SMARTS) is 1. The van der Waals surface area contributed by atoms with Gasteiger partial charge < -0.3 is 15.7 Å². The van der Waals surface area contributed by atoms with Crippen LogP contribution >= 0.6 is 0 Å². The van der Waals surface area contributed by atoms with Gasteiger partial charge in [-0.15, -0.1) is 0 Å². The van der Waals surface area contributed by atoms with Crippen molar-refractivity contribution in [1.29, 1.82) is 0 Å². The summed E-state index contributed by atoms with van der Waals surface area (Å²) in [6.07, 6.45) is 4.30. The molecule has 0 aromatic carbocycles. The molecular formula is C25H27BN6O4. The summed E-state index contributed by atoms with van der Waals surface area (Å²) < 4.78 is 0. The number of aliphatic carboxylic acids is 1. The highest BCUT2D eigenvalue weighted by Crippen LogP contribution is 2.12. The molecule has 2 radical (unpaired) electrons. The summed E-state index contributed by atoms with van der Waals surface area (Å²) in [4.78, 5) is 51.4. The van der Waals surface area contributed by atoms with Crippen LogP contribution in [0.4, 0.5) is 0 Å². The van der Waals surface area contributed by atoms with Crippen molar-refractivity contribution in [2.45, 2.75) is 45.0 Å². The van der Waals surface area contributed by atoms with Gasteiger partial charge >= 0.3 is 5.97 Å². The number of carboxylic acids is 1. The van der Waals surface area contributed by atoms with Crippen LogP contribution in [0.2, 0.25) is 0 Å². The molecule has 3 aromatic heterocycles. The Morgan fingerprint density at radius 3 is 1.92 bits per heavy atom. The van der Waals surface area contributed by atoms with Gasteiger partial charge in [-0.3, -0.25) is 34.2 Å². The minimum absolute atomic E-state index is 0.198. The van der Waals surface area contributed by atoms with Crippen molar-refractivity contribution >= 4 is 25.6 Å². The Bertz CT molecular complexity index is 1100. The minimum atomic E-state index is -1.27. The number of aromatic nitrogens is 3. The second kappa shape index (κ2) is 13.1. The van der Waals surface area contributed by atoms with E-state index in [4.69, 9.17) is 13.0 Å². The van der Waals surface area contributed by atoms with E-state index in [0.29, 0.717) is 19.6 Å². The lowest BCUT2D eigenvalue weighted by molar-refractivity contribution is -0.139. The zero-order chi connectivity index (χ0) is 25.9. The summed E-state index contributed by atoms with van der Waals surface area (Å²) in [5.74, 6) is -3.20. The van der Waals surface area contributed by atoms with Crippen molar-refractivity contribution in [1.82, 2.24) is 30.5 Å². The van der Waals surface area contributed by atoms with E-state index in [1.165, 1.54) is 13.1 Å². The fraction of sp³-hybridized carbons (Fsp3) is 0.280. The zero-order valence-corrected chi connectivity index (χ0v) is 19.9. The number of nitrogens with one attached hydrogen (secondary N) is 2. The van der Waals surface area contributed by atoms with Gasteiger partial charge in [-0.25, -0.2) is 0 Å². The molecule has 36 heavy (non-hydrogen) atoms. The van der Waals surface area contributed by atoms with Crippen LogP contribution in [0.15, 0.2) is 67.1 Å². The molecule has 0 bridgehead atoms. The molecule has 2 amide bonds. The van der Waals surface area contributed by atoms with Gasteiger partial charge in [0, 0.05) is 38.2 Å². The summed E-state index contributed by atoms with van der Waals surface area (Å²) in [5.41, 5.74) is 2.72. The molecule has 11 heteroatoms. The van der Waals surface area contributed by atoms with Crippen molar-refractivity contribution in [2.24, 2.45) is 0 Å². The molecule has 0 unspecified atom stereocenters. The van der Waals surface area contributed by atoms with E-state index < -0.39 is 36.2 Å². The lowest BCUT2D eigenvalue weighted by atomic mass is 9.98. The molecule has 2 atom stereocenters. The van der Waals surface area contributed by atoms with Gasteiger partial charge in [0.25, 0.3) is 5.91 Å². The van der Waals surface area contributed by atoms with E-state index in [9.17, 15) is 14.4 Å². The molecule has 184 valence electrons. The first kappa shape index (κ1) is 26.5. The molecule has 3 aromatic rings. The Kier molecular flexibility index (Phi) is 9.64. The second-order valence-electron chi connectivity index (χ2n) is 8.25. The number of hydrogen-bond acceptors (Lipinski definition) is 7. The minimum Gasteiger partial charge on any atom is -0.481 e. The molecule has 0 aliphatic heterocycles. The summed E-state index contributed by atoms with van der Waals surface area (Å²) in [7, 11) is 5.54. The van der Waals surface area contributed by atoms with Gasteiger partial charge in [0.15, 0.2) is 0 Å². The first-order valence-electron chi connectivity index (χ1n) is 11.4. The van der Waals surface area contributed by atoms with Crippen molar-refractivity contribution in [3.8, 4) is 0 Å². The number of amides is 2. The molecule has 0 fully saturated rings. The number of carbonyl (C=O) groups excluding carboxylic acids is 2. The van der Waals surface area contributed by atoms with Crippen molar-refractivity contribution in [3.63, 3.8) is 0 Å². The maximum absolute atomic E-state index is 12.7. The average molecular weight is 486 g/mol. The topological polar surface area (TPSA) is 137 Å². The Morgan fingerprint density at radius 2 is 1.47 bits per heavy atom. The van der Waals surface area contributed by atoms with E-state index in [0.717, 1.165) is 17.1 Å². The third kappa shape index (κ3) is 8.59. The van der Waals surface area contributed by atoms with Crippen LogP contribution in [0.3, 0.4) is 0 Å². The number of nitrogens with zero attached hydrogens (tertiary/aromatic N) is 4. The maximum atomic E-state index is 12.7. The third-order valence-corrected chi connectivity index (χ3v) is 5.07. The van der Waals surface area contributed by atoms with Gasteiger partial charge in [-0.1, -0.05) is 19.1 Å². The lowest BCUT2D eigenvalue weighted by Crippen LogP contribution is -2.50. The van der Waals surface area contributed by atoms with E-state index in [2.05, 4.69) is 30.5 Å². The summed E-state index contributed by atoms with van der Waals surface area (Å²) in [5, 5.41) is 13.9. The summed E-state index contributed by atoms with van der Waals surface area (Å²) >= 11 is 0. The van der Waals surface area contributed by atoms with Gasteiger partial charge in [-0.2, -0.15) is 0 Å². The normalized spacial score (nSPS) is 12.5. The molecule has 3 heterocycles. The first-order valence-corrected chi connectivity index (χ1v) is 11.4. The average Bonchev–Trinajstić information content (AvgIpc) is 2.84. The molecule has 0 aliphatic rings. The predicted octanol–water partition coefficient (Wildman–Crippen LogP) is 1.28. The summed E-state index contributed by atoms with van der Waals surface area (Å²) in [6, 6.07) is 13.5. The zero-order valence-electron chi connectivity index (χ0n) is 19.9. The van der Waals surface area contributed by atoms with E-state index in [-0.39, 0.29) is 5.56 Å². The van der Waals surface area contributed by atoms with Crippen LogP contribution in [-0.2, 0) is 29.2 Å². The Balaban J connectivity index is 1.69. The van der Waals surface area contributed by atoms with Crippen LogP contribution in [0.5, 0.6) is 0 Å². The SMILES string of the molecule is [B][C@@H](C)NC(=O)[C@H](CC(=O)O)NC(=O)c1ccc(CN(Cc2ccccn2)Cc2ccccn2)nc1. The predicted molar refractivity (Wildman–Crippen MR) is 133 cm³/mol. The fourth-order valence-corrected chi connectivity index (χ4v) is 3.44. The summed E-state index contributed by atoms with van der Waals surface area (Å²) in [6.45, 7) is 3.17. The molecular weight excluding hydrogens is 459 g/mol. The molecule has 0 spiro atoms. The number of carbonyl (C=O) groups is 3. The quantitative estimate of drug-likeness (QED) is 0.326. The molecule has 3 rings (SSSR count). The van der Waals surface area contributed by atoms with Crippen molar-refractivity contribution in [2.75, 3.05) is 0 Å². The fourth-order valence-electron chi connectivity index (χ4n) is 3.44. The van der Waals surface area contributed by atoms with E-state index in [1.807, 2.05) is 36.4 Å². The van der Waals surface area contributed by atoms with Crippen LogP contribution < -0.4 is 10.6 Å². The van der Waals surface area contributed by atoms with Gasteiger partial charge in [0.05, 0.1) is 36.9 Å². The lowest BCUT2D eigenvalue weighted by Gasteiger charge is -2.21. The third-order valence-electron chi connectivity index (χ3n) is 5.07. The first-order chi connectivity index (χ1) is 17.3.